The van der Waals surface area contributed by atoms with Crippen molar-refractivity contribution in [2.24, 2.45) is 0 Å². The van der Waals surface area contributed by atoms with Gasteiger partial charge in [0.05, 0.1) is 0 Å². The highest BCUT2D eigenvalue weighted by molar-refractivity contribution is 5.76. The van der Waals surface area contributed by atoms with E-state index in [2.05, 4.69) is 23.6 Å². The maximum Gasteiger partial charge on any atom is 0.150 e. The van der Waals surface area contributed by atoms with E-state index in [1.807, 2.05) is 18.2 Å². The highest BCUT2D eigenvalue weighted by Crippen LogP contribution is 2.30. The average Bonchev–Trinajstić information content (AvgIpc) is 2.77. The lowest BCUT2D eigenvalue weighted by atomic mass is 10.1. The number of carbonyl (C=O) groups is 1. The number of carbonyl (C=O) groups excluding carboxylic acids is 1. The van der Waals surface area contributed by atoms with Crippen LogP contribution >= 0.6 is 0 Å². The zero-order valence-corrected chi connectivity index (χ0v) is 8.53. The van der Waals surface area contributed by atoms with Crippen molar-refractivity contribution in [3.05, 3.63) is 52.8 Å². The Morgan fingerprint density at radius 1 is 1.27 bits per heavy atom. The predicted molar refractivity (Wildman–Crippen MR) is 58.7 cm³/mol. The van der Waals surface area contributed by atoms with Crippen LogP contribution in [0.25, 0.3) is 5.69 Å². The molecular weight excluding hydrogens is 186 g/mol. The molecule has 0 saturated carbocycles. The minimum absolute atomic E-state index is 0.761. The largest absolute Gasteiger partial charge is 0.318 e. The third-order valence-corrected chi connectivity index (χ3v) is 3.01. The van der Waals surface area contributed by atoms with Crippen LogP contribution in [0.3, 0.4) is 0 Å². The molecule has 3 rings (SSSR count). The number of hydrogen-bond acceptors (Lipinski definition) is 1. The van der Waals surface area contributed by atoms with Gasteiger partial charge >= 0.3 is 0 Å². The van der Waals surface area contributed by atoms with Crippen molar-refractivity contribution in [1.82, 2.24) is 4.57 Å². The molecule has 1 aliphatic heterocycles. The van der Waals surface area contributed by atoms with Gasteiger partial charge in [0.25, 0.3) is 0 Å². The van der Waals surface area contributed by atoms with Gasteiger partial charge in [0.2, 0.25) is 0 Å². The maximum atomic E-state index is 10.7. The minimum Gasteiger partial charge on any atom is -0.318 e. The fourth-order valence-corrected chi connectivity index (χ4v) is 2.31. The molecule has 0 saturated heterocycles. The van der Waals surface area contributed by atoms with Crippen molar-refractivity contribution >= 4 is 6.29 Å². The second-order valence-electron chi connectivity index (χ2n) is 3.98. The summed E-state index contributed by atoms with van der Waals surface area (Å²) in [4.78, 5) is 10.7. The second-order valence-corrected chi connectivity index (χ2v) is 3.98. The molecule has 0 aliphatic carbocycles. The van der Waals surface area contributed by atoms with Gasteiger partial charge in [-0.15, -0.1) is 0 Å². The Balaban J connectivity index is 2.24. The van der Waals surface area contributed by atoms with Gasteiger partial charge < -0.3 is 4.57 Å². The Morgan fingerprint density at radius 3 is 2.93 bits per heavy atom. The molecule has 0 unspecified atom stereocenters. The number of nitrogens with zero attached hydrogens (tertiary/aromatic N) is 1. The number of aryl methyl sites for hydroxylation is 1. The van der Waals surface area contributed by atoms with Crippen LogP contribution in [0.5, 0.6) is 0 Å². The molecule has 0 spiro atoms. The summed E-state index contributed by atoms with van der Waals surface area (Å²) in [5.41, 5.74) is 5.79. The molecule has 1 aromatic heterocycles. The summed E-state index contributed by atoms with van der Waals surface area (Å²) in [6.45, 7) is 2.10. The molecule has 0 bridgehead atoms. The van der Waals surface area contributed by atoms with Gasteiger partial charge in [-0.3, -0.25) is 4.79 Å². The van der Waals surface area contributed by atoms with E-state index in [4.69, 9.17) is 0 Å². The number of benzene rings is 1. The molecule has 0 fully saturated rings. The fraction of sp³-hybridized carbons (Fsp3) is 0.154. The Bertz CT molecular complexity index is 552. The van der Waals surface area contributed by atoms with E-state index in [9.17, 15) is 4.79 Å². The standard InChI is InChI=1S/C13H11NO/c1-9-2-4-12-7-11-6-10(8-15)3-5-13(11)14(9)12/h2-6,8H,7H2,1H3. The van der Waals surface area contributed by atoms with Crippen LogP contribution in [0, 0.1) is 6.92 Å². The first kappa shape index (κ1) is 8.48. The number of rotatable bonds is 1. The van der Waals surface area contributed by atoms with Crippen LogP contribution in [0.2, 0.25) is 0 Å². The van der Waals surface area contributed by atoms with Crippen LogP contribution in [-0.4, -0.2) is 10.9 Å². The smallest absolute Gasteiger partial charge is 0.150 e. The second kappa shape index (κ2) is 2.83. The molecule has 2 heteroatoms. The maximum absolute atomic E-state index is 10.7. The van der Waals surface area contributed by atoms with Gasteiger partial charge in [-0.2, -0.15) is 0 Å². The minimum atomic E-state index is 0.761. The SMILES string of the molecule is Cc1ccc2n1-c1ccc(C=O)cc1C2. The van der Waals surface area contributed by atoms with Gasteiger partial charge in [0, 0.05) is 29.1 Å². The monoisotopic (exact) mass is 197 g/mol. The zero-order valence-electron chi connectivity index (χ0n) is 8.53. The van der Waals surface area contributed by atoms with Gasteiger partial charge in [0.15, 0.2) is 0 Å². The number of hydrogen-bond donors (Lipinski definition) is 0. The Hall–Kier alpha value is -1.83. The molecule has 0 N–H and O–H groups in total. The molecule has 74 valence electrons. The lowest BCUT2D eigenvalue weighted by Gasteiger charge is -2.05. The van der Waals surface area contributed by atoms with Crippen LogP contribution in [0.15, 0.2) is 30.3 Å². The zero-order chi connectivity index (χ0) is 10.4. The van der Waals surface area contributed by atoms with Crippen molar-refractivity contribution in [2.75, 3.05) is 0 Å². The molecule has 1 aliphatic rings. The molecule has 2 heterocycles. The Morgan fingerprint density at radius 2 is 2.13 bits per heavy atom. The van der Waals surface area contributed by atoms with Crippen molar-refractivity contribution < 1.29 is 4.79 Å². The van der Waals surface area contributed by atoms with Crippen molar-refractivity contribution in [3.63, 3.8) is 0 Å². The first-order valence-corrected chi connectivity index (χ1v) is 5.05. The molecule has 0 atom stereocenters. The number of aldehydes is 1. The van der Waals surface area contributed by atoms with Crippen LogP contribution in [0.4, 0.5) is 0 Å². The van der Waals surface area contributed by atoms with E-state index in [0.29, 0.717) is 0 Å². The van der Waals surface area contributed by atoms with E-state index in [1.165, 1.54) is 22.6 Å². The summed E-state index contributed by atoms with van der Waals surface area (Å²) in [5.74, 6) is 0. The van der Waals surface area contributed by atoms with Crippen LogP contribution in [0.1, 0.15) is 27.3 Å². The van der Waals surface area contributed by atoms with Gasteiger partial charge in [-0.05, 0) is 42.8 Å². The number of fused-ring (bicyclic) bond motifs is 3. The van der Waals surface area contributed by atoms with E-state index >= 15 is 0 Å². The lowest BCUT2D eigenvalue weighted by Crippen LogP contribution is -1.94. The fourth-order valence-electron chi connectivity index (χ4n) is 2.31. The summed E-state index contributed by atoms with van der Waals surface area (Å²) in [7, 11) is 0. The lowest BCUT2D eigenvalue weighted by molar-refractivity contribution is 0.112. The van der Waals surface area contributed by atoms with Gasteiger partial charge in [-0.1, -0.05) is 0 Å². The first-order valence-electron chi connectivity index (χ1n) is 5.05. The molecule has 2 nitrogen and oxygen atoms in total. The molecule has 1 aromatic carbocycles. The normalized spacial score (nSPS) is 12.3. The summed E-state index contributed by atoms with van der Waals surface area (Å²) in [6, 6.07) is 10.2. The quantitative estimate of drug-likeness (QED) is 0.549. The molecule has 0 radical (unpaired) electrons. The van der Waals surface area contributed by atoms with Crippen molar-refractivity contribution in [1.29, 1.82) is 0 Å². The summed E-state index contributed by atoms with van der Waals surface area (Å²) < 4.78 is 2.25. The Labute approximate surface area is 88.2 Å². The Kier molecular flexibility index (Phi) is 1.60. The highest BCUT2D eigenvalue weighted by atomic mass is 16.1. The third-order valence-electron chi connectivity index (χ3n) is 3.01. The van der Waals surface area contributed by atoms with E-state index in [-0.39, 0.29) is 0 Å². The van der Waals surface area contributed by atoms with E-state index in [1.54, 1.807) is 0 Å². The van der Waals surface area contributed by atoms with Gasteiger partial charge in [0.1, 0.15) is 6.29 Å². The van der Waals surface area contributed by atoms with Gasteiger partial charge in [-0.25, -0.2) is 0 Å². The predicted octanol–water partition coefficient (Wildman–Crippen LogP) is 2.50. The third kappa shape index (κ3) is 1.08. The summed E-state index contributed by atoms with van der Waals surface area (Å²) >= 11 is 0. The first-order chi connectivity index (χ1) is 7.29. The molecule has 0 amide bonds. The summed E-state index contributed by atoms with van der Waals surface area (Å²) in [6.07, 6.45) is 1.84. The van der Waals surface area contributed by atoms with Crippen LogP contribution in [-0.2, 0) is 6.42 Å². The average molecular weight is 197 g/mol. The van der Waals surface area contributed by atoms with Crippen molar-refractivity contribution in [2.45, 2.75) is 13.3 Å². The topological polar surface area (TPSA) is 22.0 Å². The highest BCUT2D eigenvalue weighted by Gasteiger charge is 2.19. The van der Waals surface area contributed by atoms with Crippen molar-refractivity contribution in [3.8, 4) is 5.69 Å². The van der Waals surface area contributed by atoms with E-state index < -0.39 is 0 Å². The number of aromatic nitrogens is 1. The summed E-state index contributed by atoms with van der Waals surface area (Å²) in [5, 5.41) is 0. The molecule has 15 heavy (non-hydrogen) atoms. The molecule has 2 aromatic rings. The molecular formula is C13H11NO. The van der Waals surface area contributed by atoms with Crippen LogP contribution < -0.4 is 0 Å². The van der Waals surface area contributed by atoms with E-state index in [0.717, 1.165) is 18.3 Å².